The third-order valence-electron chi connectivity index (χ3n) is 4.85. The second-order valence-electron chi connectivity index (χ2n) is 6.92. The van der Waals surface area contributed by atoms with Crippen LogP contribution >= 0.6 is 11.3 Å². The van der Waals surface area contributed by atoms with Gasteiger partial charge in [-0.3, -0.25) is 14.6 Å². The van der Waals surface area contributed by atoms with Crippen molar-refractivity contribution >= 4 is 28.8 Å². The summed E-state index contributed by atoms with van der Waals surface area (Å²) in [4.78, 5) is 31.7. The van der Waals surface area contributed by atoms with E-state index >= 15 is 0 Å². The van der Waals surface area contributed by atoms with Gasteiger partial charge in [0.25, 0.3) is 5.91 Å². The van der Waals surface area contributed by atoms with Crippen molar-refractivity contribution in [2.45, 2.75) is 32.2 Å². The van der Waals surface area contributed by atoms with Gasteiger partial charge in [-0.05, 0) is 50.5 Å². The van der Waals surface area contributed by atoms with Gasteiger partial charge in [0.15, 0.2) is 0 Å². The van der Waals surface area contributed by atoms with E-state index in [9.17, 15) is 9.59 Å². The van der Waals surface area contributed by atoms with Crippen LogP contribution in [0, 0.1) is 6.92 Å². The fourth-order valence-electron chi connectivity index (χ4n) is 3.45. The van der Waals surface area contributed by atoms with Crippen molar-refractivity contribution in [1.29, 1.82) is 0 Å². The number of likely N-dealkylation sites (tertiary alicyclic amines) is 1. The Hall–Kier alpha value is -3.13. The number of carbonyl (C=O) groups excluding carboxylic acids is 2. The molecular weight excluding hydrogens is 386 g/mol. The number of aryl methyl sites for hydroxylation is 1. The summed E-state index contributed by atoms with van der Waals surface area (Å²) in [5, 5.41) is 12.9. The van der Waals surface area contributed by atoms with Gasteiger partial charge in [0.1, 0.15) is 21.8 Å². The van der Waals surface area contributed by atoms with E-state index < -0.39 is 6.04 Å². The van der Waals surface area contributed by atoms with Gasteiger partial charge >= 0.3 is 0 Å². The van der Waals surface area contributed by atoms with E-state index in [4.69, 9.17) is 0 Å². The Morgan fingerprint density at radius 3 is 2.79 bits per heavy atom. The molecule has 2 aromatic heterocycles. The van der Waals surface area contributed by atoms with Crippen LogP contribution in [0.5, 0.6) is 0 Å². The predicted octanol–water partition coefficient (Wildman–Crippen LogP) is 3.54. The number of anilines is 1. The number of pyridine rings is 1. The summed E-state index contributed by atoms with van der Waals surface area (Å²) in [5.74, 6) is -0.386. The lowest BCUT2D eigenvalue weighted by Crippen LogP contribution is -2.50. The quantitative estimate of drug-likeness (QED) is 0.715. The van der Waals surface area contributed by atoms with Gasteiger partial charge in [-0.1, -0.05) is 29.5 Å². The van der Waals surface area contributed by atoms with Crippen LogP contribution < -0.4 is 5.32 Å². The van der Waals surface area contributed by atoms with E-state index in [-0.39, 0.29) is 11.8 Å². The lowest BCUT2D eigenvalue weighted by atomic mass is 10.0. The van der Waals surface area contributed by atoms with Crippen molar-refractivity contribution < 1.29 is 9.59 Å². The summed E-state index contributed by atoms with van der Waals surface area (Å²) >= 11 is 1.50. The van der Waals surface area contributed by atoms with E-state index in [0.29, 0.717) is 24.3 Å². The molecule has 8 heteroatoms. The van der Waals surface area contributed by atoms with Crippen LogP contribution in [0.2, 0.25) is 0 Å². The van der Waals surface area contributed by atoms with Crippen molar-refractivity contribution in [3.63, 3.8) is 0 Å². The lowest BCUT2D eigenvalue weighted by molar-refractivity contribution is -0.121. The molecule has 1 aliphatic rings. The second kappa shape index (κ2) is 8.48. The minimum atomic E-state index is -0.509. The SMILES string of the molecule is Cc1nnc(-c2cccc(NC(=O)[C@@H]3CCCCN3C(=O)c3ccccn3)c2)s1. The third-order valence-corrected chi connectivity index (χ3v) is 5.74. The van der Waals surface area contributed by atoms with Crippen LogP contribution in [-0.2, 0) is 4.79 Å². The van der Waals surface area contributed by atoms with Gasteiger partial charge in [0.2, 0.25) is 5.91 Å². The molecule has 148 valence electrons. The highest BCUT2D eigenvalue weighted by atomic mass is 32.1. The number of benzene rings is 1. The molecule has 1 aliphatic heterocycles. The fraction of sp³-hybridized carbons (Fsp3) is 0.286. The van der Waals surface area contributed by atoms with E-state index in [2.05, 4.69) is 20.5 Å². The summed E-state index contributed by atoms with van der Waals surface area (Å²) in [5.41, 5.74) is 1.94. The van der Waals surface area contributed by atoms with E-state index in [1.54, 1.807) is 29.3 Å². The molecule has 1 aromatic carbocycles. The molecule has 7 nitrogen and oxygen atoms in total. The van der Waals surface area contributed by atoms with Crippen molar-refractivity contribution in [1.82, 2.24) is 20.1 Å². The highest BCUT2D eigenvalue weighted by Crippen LogP contribution is 2.26. The molecule has 3 heterocycles. The van der Waals surface area contributed by atoms with Gasteiger partial charge < -0.3 is 10.2 Å². The summed E-state index contributed by atoms with van der Waals surface area (Å²) in [6.07, 6.45) is 4.02. The van der Waals surface area contributed by atoms with Crippen molar-refractivity contribution in [3.05, 3.63) is 59.4 Å². The van der Waals surface area contributed by atoms with Crippen molar-refractivity contribution in [3.8, 4) is 10.6 Å². The topological polar surface area (TPSA) is 88.1 Å². The maximum absolute atomic E-state index is 13.0. The molecule has 0 unspecified atom stereocenters. The molecule has 29 heavy (non-hydrogen) atoms. The van der Waals surface area contributed by atoms with Gasteiger partial charge in [0.05, 0.1) is 0 Å². The zero-order valence-electron chi connectivity index (χ0n) is 16.0. The van der Waals surface area contributed by atoms with Crippen LogP contribution in [-0.4, -0.2) is 44.5 Å². The largest absolute Gasteiger partial charge is 0.325 e. The number of nitrogens with one attached hydrogen (secondary N) is 1. The first-order valence-electron chi connectivity index (χ1n) is 9.55. The molecule has 2 amide bonds. The Morgan fingerprint density at radius 1 is 1.14 bits per heavy atom. The minimum Gasteiger partial charge on any atom is -0.325 e. The molecule has 1 N–H and O–H groups in total. The molecule has 0 spiro atoms. The van der Waals surface area contributed by atoms with E-state index in [1.165, 1.54) is 11.3 Å². The average Bonchev–Trinajstić information content (AvgIpc) is 3.20. The maximum atomic E-state index is 13.0. The zero-order chi connectivity index (χ0) is 20.2. The number of piperidine rings is 1. The van der Waals surface area contributed by atoms with Gasteiger partial charge in [-0.25, -0.2) is 0 Å². The first-order chi connectivity index (χ1) is 14.1. The number of hydrogen-bond acceptors (Lipinski definition) is 6. The molecule has 1 saturated heterocycles. The Balaban J connectivity index is 1.51. The van der Waals surface area contributed by atoms with Crippen LogP contribution in [0.1, 0.15) is 34.8 Å². The highest BCUT2D eigenvalue weighted by Gasteiger charge is 2.33. The van der Waals surface area contributed by atoms with Gasteiger partial charge in [-0.2, -0.15) is 0 Å². The second-order valence-corrected chi connectivity index (χ2v) is 8.10. The molecule has 4 rings (SSSR count). The van der Waals surface area contributed by atoms with Crippen molar-refractivity contribution in [2.24, 2.45) is 0 Å². The highest BCUT2D eigenvalue weighted by molar-refractivity contribution is 7.14. The van der Waals surface area contributed by atoms with Crippen LogP contribution in [0.4, 0.5) is 5.69 Å². The number of carbonyl (C=O) groups is 2. The molecule has 1 fully saturated rings. The average molecular weight is 407 g/mol. The molecular formula is C21H21N5O2S. The van der Waals surface area contributed by atoms with Crippen LogP contribution in [0.3, 0.4) is 0 Å². The minimum absolute atomic E-state index is 0.181. The lowest BCUT2D eigenvalue weighted by Gasteiger charge is -2.34. The first-order valence-corrected chi connectivity index (χ1v) is 10.4. The molecule has 0 saturated carbocycles. The number of aromatic nitrogens is 3. The Bertz CT molecular complexity index is 1020. The third kappa shape index (κ3) is 4.32. The van der Waals surface area contributed by atoms with Crippen LogP contribution in [0.15, 0.2) is 48.7 Å². The number of hydrogen-bond donors (Lipinski definition) is 1. The Morgan fingerprint density at radius 2 is 2.03 bits per heavy atom. The smallest absolute Gasteiger partial charge is 0.273 e. The standard InChI is InChI=1S/C21H21N5O2S/c1-14-24-25-20(29-14)15-7-6-8-16(13-15)23-19(27)18-10-3-5-12-26(18)21(28)17-9-2-4-11-22-17/h2,4,6-9,11,13,18H,3,5,10,12H2,1H3,(H,23,27)/t18-/m0/s1. The maximum Gasteiger partial charge on any atom is 0.273 e. The number of amides is 2. The molecule has 1 atom stereocenters. The summed E-state index contributed by atoms with van der Waals surface area (Å²) in [6.45, 7) is 2.46. The van der Waals surface area contributed by atoms with Gasteiger partial charge in [-0.15, -0.1) is 10.2 Å². The summed E-state index contributed by atoms with van der Waals surface area (Å²) in [6, 6.07) is 12.2. The van der Waals surface area contributed by atoms with Crippen molar-refractivity contribution in [2.75, 3.05) is 11.9 Å². The van der Waals surface area contributed by atoms with E-state index in [1.807, 2.05) is 31.2 Å². The molecule has 0 bridgehead atoms. The van der Waals surface area contributed by atoms with E-state index in [0.717, 1.165) is 28.4 Å². The summed E-state index contributed by atoms with van der Waals surface area (Å²) in [7, 11) is 0. The van der Waals surface area contributed by atoms with Crippen LogP contribution in [0.25, 0.3) is 10.6 Å². The number of nitrogens with zero attached hydrogens (tertiary/aromatic N) is 4. The molecule has 0 aliphatic carbocycles. The first kappa shape index (κ1) is 19.2. The molecule has 3 aromatic rings. The molecule has 0 radical (unpaired) electrons. The normalized spacial score (nSPS) is 16.4. The summed E-state index contributed by atoms with van der Waals surface area (Å²) < 4.78 is 0. The fourth-order valence-corrected chi connectivity index (χ4v) is 4.14. The van der Waals surface area contributed by atoms with Gasteiger partial charge in [0, 0.05) is 24.0 Å². The Labute approximate surface area is 172 Å². The monoisotopic (exact) mass is 407 g/mol. The predicted molar refractivity (Wildman–Crippen MR) is 112 cm³/mol. The Kier molecular flexibility index (Phi) is 5.62. The number of rotatable bonds is 4. The zero-order valence-corrected chi connectivity index (χ0v) is 16.9.